The van der Waals surface area contributed by atoms with Crippen LogP contribution in [0.5, 0.6) is 0 Å². The summed E-state index contributed by atoms with van der Waals surface area (Å²) >= 11 is 1.81. The Labute approximate surface area is 103 Å². The highest BCUT2D eigenvalue weighted by Gasteiger charge is 2.11. The molecule has 1 aromatic rings. The van der Waals surface area contributed by atoms with Crippen molar-refractivity contribution < 1.29 is 0 Å². The lowest BCUT2D eigenvalue weighted by atomic mass is 10.1. The Morgan fingerprint density at radius 3 is 2.56 bits per heavy atom. The van der Waals surface area contributed by atoms with Crippen molar-refractivity contribution in [3.05, 3.63) is 24.3 Å². The molecule has 0 atom stereocenters. The highest BCUT2D eigenvalue weighted by atomic mass is 32.2. The summed E-state index contributed by atoms with van der Waals surface area (Å²) in [6.45, 7) is 0. The van der Waals surface area contributed by atoms with Crippen molar-refractivity contribution in [2.45, 2.75) is 49.5 Å². The molecular formula is C14H21NS. The van der Waals surface area contributed by atoms with Crippen LogP contribution < -0.4 is 5.32 Å². The maximum atomic E-state index is 3.68. The van der Waals surface area contributed by atoms with Gasteiger partial charge >= 0.3 is 0 Å². The largest absolute Gasteiger partial charge is 0.382 e. The van der Waals surface area contributed by atoms with Gasteiger partial charge in [0.2, 0.25) is 0 Å². The molecule has 0 unspecified atom stereocenters. The Kier molecular flexibility index (Phi) is 4.58. The predicted octanol–water partition coefficient (Wildman–Crippen LogP) is 4.54. The van der Waals surface area contributed by atoms with E-state index < -0.39 is 0 Å². The molecule has 0 spiro atoms. The number of thioether (sulfide) groups is 1. The third kappa shape index (κ3) is 3.44. The lowest BCUT2D eigenvalue weighted by Gasteiger charge is -2.18. The van der Waals surface area contributed by atoms with Gasteiger partial charge in [-0.25, -0.2) is 0 Å². The van der Waals surface area contributed by atoms with Crippen LogP contribution in [0.1, 0.15) is 38.5 Å². The van der Waals surface area contributed by atoms with E-state index in [1.54, 1.807) is 0 Å². The van der Waals surface area contributed by atoms with Gasteiger partial charge in [0.25, 0.3) is 0 Å². The predicted molar refractivity (Wildman–Crippen MR) is 73.3 cm³/mol. The maximum absolute atomic E-state index is 3.68. The van der Waals surface area contributed by atoms with Gasteiger partial charge in [-0.2, -0.15) is 0 Å². The summed E-state index contributed by atoms with van der Waals surface area (Å²) in [7, 11) is 0. The van der Waals surface area contributed by atoms with Crippen LogP contribution >= 0.6 is 11.8 Å². The highest BCUT2D eigenvalue weighted by Crippen LogP contribution is 2.23. The summed E-state index contributed by atoms with van der Waals surface area (Å²) in [5, 5.41) is 3.68. The van der Waals surface area contributed by atoms with E-state index in [1.807, 2.05) is 11.8 Å². The molecule has 0 saturated heterocycles. The zero-order valence-corrected chi connectivity index (χ0v) is 10.9. The summed E-state index contributed by atoms with van der Waals surface area (Å²) in [6, 6.07) is 9.45. The van der Waals surface area contributed by atoms with E-state index in [2.05, 4.69) is 35.8 Å². The molecule has 0 radical (unpaired) electrons. The third-order valence-corrected chi connectivity index (χ3v) is 4.02. The molecule has 1 nitrogen and oxygen atoms in total. The molecule has 1 aliphatic rings. The molecule has 0 aliphatic heterocycles. The van der Waals surface area contributed by atoms with Gasteiger partial charge in [-0.15, -0.1) is 11.8 Å². The smallest absolute Gasteiger partial charge is 0.0353 e. The Morgan fingerprint density at radius 2 is 1.88 bits per heavy atom. The van der Waals surface area contributed by atoms with Crippen molar-refractivity contribution in [2.75, 3.05) is 11.6 Å². The first kappa shape index (κ1) is 11.8. The number of benzene rings is 1. The number of hydrogen-bond donors (Lipinski definition) is 1. The summed E-state index contributed by atoms with van der Waals surface area (Å²) in [6.07, 6.45) is 10.4. The van der Waals surface area contributed by atoms with Gasteiger partial charge in [0.15, 0.2) is 0 Å². The number of hydrogen-bond acceptors (Lipinski definition) is 2. The Hall–Kier alpha value is -0.630. The van der Waals surface area contributed by atoms with Crippen molar-refractivity contribution in [2.24, 2.45) is 0 Å². The minimum Gasteiger partial charge on any atom is -0.382 e. The topological polar surface area (TPSA) is 12.0 Å². The molecule has 1 fully saturated rings. The fourth-order valence-corrected chi connectivity index (χ4v) is 2.83. The molecule has 1 aliphatic carbocycles. The third-order valence-electron chi connectivity index (χ3n) is 3.30. The van der Waals surface area contributed by atoms with E-state index in [4.69, 9.17) is 0 Å². The molecule has 1 N–H and O–H groups in total. The first-order valence-corrected chi connectivity index (χ1v) is 7.51. The van der Waals surface area contributed by atoms with Gasteiger partial charge in [0.05, 0.1) is 0 Å². The molecule has 88 valence electrons. The quantitative estimate of drug-likeness (QED) is 0.609. The zero-order valence-electron chi connectivity index (χ0n) is 10.0. The number of rotatable bonds is 3. The summed E-state index contributed by atoms with van der Waals surface area (Å²) in [5.41, 5.74) is 1.29. The molecule has 1 saturated carbocycles. The van der Waals surface area contributed by atoms with Crippen LogP contribution in [0.4, 0.5) is 5.69 Å². The molecule has 0 aromatic heterocycles. The average molecular weight is 235 g/mol. The normalized spacial score (nSPS) is 18.1. The van der Waals surface area contributed by atoms with Gasteiger partial charge < -0.3 is 5.32 Å². The van der Waals surface area contributed by atoms with Crippen LogP contribution in [-0.2, 0) is 0 Å². The van der Waals surface area contributed by atoms with E-state index in [-0.39, 0.29) is 0 Å². The lowest BCUT2D eigenvalue weighted by molar-refractivity contribution is 0.620. The van der Waals surface area contributed by atoms with Crippen LogP contribution in [0.3, 0.4) is 0 Å². The second kappa shape index (κ2) is 6.19. The lowest BCUT2D eigenvalue weighted by Crippen LogP contribution is -2.18. The van der Waals surface area contributed by atoms with Crippen molar-refractivity contribution in [3.8, 4) is 0 Å². The minimum absolute atomic E-state index is 0.694. The van der Waals surface area contributed by atoms with Gasteiger partial charge in [-0.1, -0.05) is 31.7 Å². The first-order chi connectivity index (χ1) is 7.88. The van der Waals surface area contributed by atoms with Crippen LogP contribution in [0.15, 0.2) is 29.2 Å². The van der Waals surface area contributed by atoms with Crippen molar-refractivity contribution >= 4 is 17.4 Å². The van der Waals surface area contributed by atoms with E-state index in [1.165, 1.54) is 49.1 Å². The molecular weight excluding hydrogens is 214 g/mol. The molecule has 16 heavy (non-hydrogen) atoms. The van der Waals surface area contributed by atoms with E-state index in [9.17, 15) is 0 Å². The minimum atomic E-state index is 0.694. The zero-order chi connectivity index (χ0) is 11.2. The van der Waals surface area contributed by atoms with Crippen LogP contribution in [0.2, 0.25) is 0 Å². The van der Waals surface area contributed by atoms with E-state index >= 15 is 0 Å². The Morgan fingerprint density at radius 1 is 1.12 bits per heavy atom. The van der Waals surface area contributed by atoms with E-state index in [0.29, 0.717) is 6.04 Å². The van der Waals surface area contributed by atoms with Crippen LogP contribution in [0.25, 0.3) is 0 Å². The number of anilines is 1. The van der Waals surface area contributed by atoms with Crippen LogP contribution in [-0.4, -0.2) is 12.3 Å². The van der Waals surface area contributed by atoms with Crippen molar-refractivity contribution in [3.63, 3.8) is 0 Å². The second-order valence-electron chi connectivity index (χ2n) is 4.56. The summed E-state index contributed by atoms with van der Waals surface area (Å²) < 4.78 is 0. The molecule has 2 heteroatoms. The molecule has 2 rings (SSSR count). The fourth-order valence-electron chi connectivity index (χ4n) is 2.37. The van der Waals surface area contributed by atoms with E-state index in [0.717, 1.165) is 0 Å². The van der Waals surface area contributed by atoms with Gasteiger partial charge in [-0.3, -0.25) is 0 Å². The maximum Gasteiger partial charge on any atom is 0.0353 e. The SMILES string of the molecule is CSc1cccc(NC2CCCCCC2)c1. The van der Waals surface area contributed by atoms with Gasteiger partial charge in [-0.05, 0) is 37.3 Å². The molecule has 1 aromatic carbocycles. The van der Waals surface area contributed by atoms with Gasteiger partial charge in [0, 0.05) is 16.6 Å². The monoisotopic (exact) mass is 235 g/mol. The van der Waals surface area contributed by atoms with Gasteiger partial charge in [0.1, 0.15) is 0 Å². The highest BCUT2D eigenvalue weighted by molar-refractivity contribution is 7.98. The molecule has 0 bridgehead atoms. The fraction of sp³-hybridized carbons (Fsp3) is 0.571. The molecule has 0 amide bonds. The summed E-state index contributed by atoms with van der Waals surface area (Å²) in [5.74, 6) is 0. The number of nitrogens with one attached hydrogen (secondary N) is 1. The Bertz CT molecular complexity index is 316. The first-order valence-electron chi connectivity index (χ1n) is 6.29. The second-order valence-corrected chi connectivity index (χ2v) is 5.44. The average Bonchev–Trinajstić information content (AvgIpc) is 2.58. The van der Waals surface area contributed by atoms with Crippen molar-refractivity contribution in [1.82, 2.24) is 0 Å². The Balaban J connectivity index is 1.96. The summed E-state index contributed by atoms with van der Waals surface area (Å²) in [4.78, 5) is 1.35. The molecule has 0 heterocycles. The van der Waals surface area contributed by atoms with Crippen molar-refractivity contribution in [1.29, 1.82) is 0 Å². The standard InChI is InChI=1S/C14H21NS/c1-16-14-10-6-9-13(11-14)15-12-7-4-2-3-5-8-12/h6,9-12,15H,2-5,7-8H2,1H3. The van der Waals surface area contributed by atoms with Crippen LogP contribution in [0, 0.1) is 0 Å².